The Morgan fingerprint density at radius 3 is 2.57 bits per heavy atom. The highest BCUT2D eigenvalue weighted by Gasteiger charge is 2.17. The lowest BCUT2D eigenvalue weighted by Crippen LogP contribution is -2.13. The summed E-state index contributed by atoms with van der Waals surface area (Å²) in [5, 5.41) is 11.0. The first kappa shape index (κ1) is 19.9. The first-order valence-electron chi connectivity index (χ1n) is 8.80. The molecular formula is C20H20FN3O3S. The average molecular weight is 401 g/mol. The Balaban J connectivity index is 1.49. The molecule has 6 nitrogen and oxygen atoms in total. The van der Waals surface area contributed by atoms with Gasteiger partial charge in [-0.3, -0.25) is 4.79 Å². The zero-order chi connectivity index (χ0) is 19.9. The first-order chi connectivity index (χ1) is 13.5. The topological polar surface area (TPSA) is 77.2 Å². The normalized spacial score (nSPS) is 11.8. The molecule has 0 fully saturated rings. The van der Waals surface area contributed by atoms with Gasteiger partial charge in [-0.15, -0.1) is 10.2 Å². The molecule has 28 heavy (non-hydrogen) atoms. The molecule has 0 radical (unpaired) electrons. The monoisotopic (exact) mass is 401 g/mol. The third kappa shape index (κ3) is 5.56. The van der Waals surface area contributed by atoms with Crippen molar-refractivity contribution >= 4 is 23.4 Å². The minimum absolute atomic E-state index is 0.143. The number of benzene rings is 2. The number of hydrogen-bond donors (Lipinski definition) is 1. The van der Waals surface area contributed by atoms with E-state index in [9.17, 15) is 9.18 Å². The van der Waals surface area contributed by atoms with Gasteiger partial charge in [-0.05, 0) is 55.3 Å². The van der Waals surface area contributed by atoms with Crippen LogP contribution in [0.15, 0.2) is 58.2 Å². The Kier molecular flexibility index (Phi) is 6.65. The fourth-order valence-corrected chi connectivity index (χ4v) is 2.93. The highest BCUT2D eigenvalue weighted by molar-refractivity contribution is 7.99. The van der Waals surface area contributed by atoms with Crippen molar-refractivity contribution in [2.45, 2.75) is 31.6 Å². The van der Waals surface area contributed by atoms with E-state index in [1.54, 1.807) is 6.92 Å². The molecule has 1 aromatic heterocycles. The van der Waals surface area contributed by atoms with Gasteiger partial charge in [0.2, 0.25) is 5.91 Å². The third-order valence-electron chi connectivity index (χ3n) is 3.87. The van der Waals surface area contributed by atoms with Crippen molar-refractivity contribution in [1.82, 2.24) is 10.2 Å². The molecule has 0 bridgehead atoms. The Labute approximate surface area is 166 Å². The Hall–Kier alpha value is -2.87. The van der Waals surface area contributed by atoms with Crippen LogP contribution in [0.3, 0.4) is 0 Å². The zero-order valence-electron chi connectivity index (χ0n) is 15.5. The molecule has 146 valence electrons. The van der Waals surface area contributed by atoms with E-state index in [0.29, 0.717) is 5.75 Å². The molecule has 1 amide bonds. The Morgan fingerprint density at radius 2 is 1.89 bits per heavy atom. The van der Waals surface area contributed by atoms with E-state index in [0.717, 1.165) is 23.9 Å². The molecule has 1 atom stereocenters. The maximum atomic E-state index is 12.9. The quantitative estimate of drug-likeness (QED) is 0.554. The second-order valence-electron chi connectivity index (χ2n) is 6.01. The molecule has 0 aliphatic carbocycles. The van der Waals surface area contributed by atoms with E-state index in [4.69, 9.17) is 9.15 Å². The number of anilines is 1. The number of nitrogens with zero attached hydrogens (tertiary/aromatic N) is 2. The number of rotatable bonds is 8. The van der Waals surface area contributed by atoms with Gasteiger partial charge in [0.15, 0.2) is 6.10 Å². The predicted octanol–water partition coefficient (Wildman–Crippen LogP) is 4.64. The van der Waals surface area contributed by atoms with Crippen molar-refractivity contribution in [2.24, 2.45) is 0 Å². The van der Waals surface area contributed by atoms with Gasteiger partial charge in [-0.25, -0.2) is 4.39 Å². The molecular weight excluding hydrogens is 381 g/mol. The smallest absolute Gasteiger partial charge is 0.277 e. The minimum Gasteiger partial charge on any atom is -0.481 e. The van der Waals surface area contributed by atoms with Gasteiger partial charge in [0.1, 0.15) is 11.6 Å². The lowest BCUT2D eigenvalue weighted by atomic mass is 10.1. The number of hydrogen-bond acceptors (Lipinski definition) is 6. The fraction of sp³-hybridized carbons (Fsp3) is 0.250. The number of carbonyl (C=O) groups is 1. The summed E-state index contributed by atoms with van der Waals surface area (Å²) in [7, 11) is 0. The fourth-order valence-electron chi connectivity index (χ4n) is 2.36. The summed E-state index contributed by atoms with van der Waals surface area (Å²) in [4.78, 5) is 12.1. The molecule has 0 spiro atoms. The van der Waals surface area contributed by atoms with Gasteiger partial charge in [0, 0.05) is 5.69 Å². The van der Waals surface area contributed by atoms with Gasteiger partial charge in [-0.2, -0.15) is 0 Å². The summed E-state index contributed by atoms with van der Waals surface area (Å²) in [6, 6.07) is 13.4. The van der Waals surface area contributed by atoms with E-state index in [1.165, 1.54) is 29.8 Å². The van der Waals surface area contributed by atoms with Crippen molar-refractivity contribution in [1.29, 1.82) is 0 Å². The molecule has 0 unspecified atom stereocenters. The van der Waals surface area contributed by atoms with Gasteiger partial charge >= 0.3 is 0 Å². The van der Waals surface area contributed by atoms with Crippen LogP contribution in [-0.2, 0) is 11.2 Å². The summed E-state index contributed by atoms with van der Waals surface area (Å²) < 4.78 is 24.1. The Morgan fingerprint density at radius 1 is 1.18 bits per heavy atom. The summed E-state index contributed by atoms with van der Waals surface area (Å²) in [6.45, 7) is 3.83. The summed E-state index contributed by atoms with van der Waals surface area (Å²) in [5.41, 5.74) is 1.96. The highest BCUT2D eigenvalue weighted by atomic mass is 32.2. The molecule has 0 aliphatic rings. The van der Waals surface area contributed by atoms with Crippen molar-refractivity contribution in [3.63, 3.8) is 0 Å². The van der Waals surface area contributed by atoms with Crippen molar-refractivity contribution < 1.29 is 18.3 Å². The first-order valence-corrected chi connectivity index (χ1v) is 9.79. The van der Waals surface area contributed by atoms with Crippen LogP contribution in [0.4, 0.5) is 10.1 Å². The number of carbonyl (C=O) groups excluding carboxylic acids is 1. The second kappa shape index (κ2) is 9.36. The maximum Gasteiger partial charge on any atom is 0.277 e. The lowest BCUT2D eigenvalue weighted by molar-refractivity contribution is -0.113. The van der Waals surface area contributed by atoms with Crippen molar-refractivity contribution in [2.75, 3.05) is 11.1 Å². The van der Waals surface area contributed by atoms with Crippen LogP contribution >= 0.6 is 11.8 Å². The van der Waals surface area contributed by atoms with Crippen LogP contribution in [0.1, 0.15) is 31.4 Å². The van der Waals surface area contributed by atoms with Crippen molar-refractivity contribution in [3.8, 4) is 5.75 Å². The summed E-state index contributed by atoms with van der Waals surface area (Å²) in [5.74, 6) is 0.419. The molecule has 3 rings (SSSR count). The van der Waals surface area contributed by atoms with E-state index in [1.807, 2.05) is 24.3 Å². The lowest BCUT2D eigenvalue weighted by Gasteiger charge is -2.10. The average Bonchev–Trinajstić information content (AvgIpc) is 3.18. The van der Waals surface area contributed by atoms with Crippen LogP contribution in [0.25, 0.3) is 0 Å². The molecule has 8 heteroatoms. The van der Waals surface area contributed by atoms with Gasteiger partial charge in [0.25, 0.3) is 11.1 Å². The molecule has 0 aliphatic heterocycles. The van der Waals surface area contributed by atoms with Gasteiger partial charge in [0.05, 0.1) is 5.75 Å². The molecule has 3 aromatic rings. The third-order valence-corrected chi connectivity index (χ3v) is 4.69. The zero-order valence-corrected chi connectivity index (χ0v) is 16.3. The van der Waals surface area contributed by atoms with Crippen LogP contribution < -0.4 is 10.1 Å². The molecule has 0 saturated carbocycles. The number of ether oxygens (including phenoxy) is 1. The number of amides is 1. The van der Waals surface area contributed by atoms with Crippen LogP contribution in [0, 0.1) is 5.82 Å². The Bertz CT molecular complexity index is 913. The number of nitrogens with one attached hydrogen (secondary N) is 1. The second-order valence-corrected chi connectivity index (χ2v) is 6.93. The number of thioether (sulfide) groups is 1. The van der Waals surface area contributed by atoms with Crippen LogP contribution in [0.2, 0.25) is 0 Å². The molecule has 0 saturated heterocycles. The van der Waals surface area contributed by atoms with Crippen molar-refractivity contribution in [3.05, 3.63) is 65.8 Å². The van der Waals surface area contributed by atoms with E-state index in [-0.39, 0.29) is 28.6 Å². The molecule has 1 heterocycles. The van der Waals surface area contributed by atoms with Gasteiger partial charge in [-0.1, -0.05) is 30.8 Å². The minimum atomic E-state index is -0.502. The molecule has 2 aromatic carbocycles. The summed E-state index contributed by atoms with van der Waals surface area (Å²) in [6.07, 6.45) is 0.450. The highest BCUT2D eigenvalue weighted by Crippen LogP contribution is 2.24. The summed E-state index contributed by atoms with van der Waals surface area (Å²) >= 11 is 1.14. The number of halogens is 1. The largest absolute Gasteiger partial charge is 0.481 e. The molecule has 1 N–H and O–H groups in total. The van der Waals surface area contributed by atoms with Crippen LogP contribution in [-0.4, -0.2) is 21.9 Å². The van der Waals surface area contributed by atoms with E-state index < -0.39 is 6.10 Å². The van der Waals surface area contributed by atoms with E-state index in [2.05, 4.69) is 22.4 Å². The van der Waals surface area contributed by atoms with Gasteiger partial charge < -0.3 is 14.5 Å². The standard InChI is InChI=1S/C20H20FN3O3S/c1-3-14-4-8-16(9-5-14)22-18(25)12-28-20-24-23-19(27-20)13(2)26-17-10-6-15(21)7-11-17/h4-11,13H,3,12H2,1-2H3,(H,22,25)/t13-/m1/s1. The predicted molar refractivity (Wildman–Crippen MR) is 105 cm³/mol. The number of aromatic nitrogens is 2. The van der Waals surface area contributed by atoms with E-state index >= 15 is 0 Å². The number of aryl methyl sites for hydroxylation is 1. The maximum absolute atomic E-state index is 12.9. The SMILES string of the molecule is CCc1ccc(NC(=O)CSc2nnc([C@@H](C)Oc3ccc(F)cc3)o2)cc1. The van der Waals surface area contributed by atoms with Crippen LogP contribution in [0.5, 0.6) is 5.75 Å².